The topological polar surface area (TPSA) is 58.5 Å². The van der Waals surface area contributed by atoms with Crippen molar-refractivity contribution in [3.8, 4) is 0 Å². The fourth-order valence-electron chi connectivity index (χ4n) is 2.31. The number of hydrogen-bond acceptors (Lipinski definition) is 4. The van der Waals surface area contributed by atoms with Gasteiger partial charge in [-0.25, -0.2) is 9.98 Å². The van der Waals surface area contributed by atoms with Gasteiger partial charge in [-0.1, -0.05) is 24.3 Å². The first-order valence-corrected chi connectivity index (χ1v) is 9.76. The summed E-state index contributed by atoms with van der Waals surface area (Å²) in [6.07, 6.45) is -4.31. The second-order valence-electron chi connectivity index (χ2n) is 6.22. The Kier molecular flexibility index (Phi) is 10.9. The zero-order valence-corrected chi connectivity index (χ0v) is 19.7. The average molecular weight is 542 g/mol. The van der Waals surface area contributed by atoms with E-state index in [4.69, 9.17) is 0 Å². The molecular formula is C19H26F3IN4OS. The van der Waals surface area contributed by atoms with Crippen molar-refractivity contribution in [3.63, 3.8) is 0 Å². The number of hydrogen-bond donors (Lipinski definition) is 2. The number of ether oxygens (including phenoxy) is 1. The number of aryl methyl sites for hydroxylation is 2. The maximum absolute atomic E-state index is 12.1. The Balaban J connectivity index is 0.00000420. The Morgan fingerprint density at radius 2 is 1.79 bits per heavy atom. The lowest BCUT2D eigenvalue weighted by atomic mass is 10.1. The number of aromatic nitrogens is 1. The fraction of sp³-hybridized carbons (Fsp3) is 0.474. The van der Waals surface area contributed by atoms with E-state index in [-0.39, 0.29) is 30.6 Å². The number of halogens is 4. The van der Waals surface area contributed by atoms with Crippen LogP contribution in [0.4, 0.5) is 13.2 Å². The van der Waals surface area contributed by atoms with E-state index in [9.17, 15) is 13.2 Å². The molecule has 0 aliphatic heterocycles. The normalized spacial score (nSPS) is 11.9. The molecule has 0 spiro atoms. The van der Waals surface area contributed by atoms with Crippen molar-refractivity contribution in [2.24, 2.45) is 4.99 Å². The number of guanidine groups is 1. The van der Waals surface area contributed by atoms with Crippen LogP contribution in [0.1, 0.15) is 33.6 Å². The van der Waals surface area contributed by atoms with Crippen molar-refractivity contribution in [2.45, 2.75) is 46.6 Å². The van der Waals surface area contributed by atoms with Crippen LogP contribution in [0.25, 0.3) is 0 Å². The Labute approximate surface area is 190 Å². The number of nitrogens with one attached hydrogen (secondary N) is 2. The highest BCUT2D eigenvalue weighted by Crippen LogP contribution is 2.17. The Bertz CT molecular complexity index is 759. The van der Waals surface area contributed by atoms with Gasteiger partial charge in [0.25, 0.3) is 0 Å². The van der Waals surface area contributed by atoms with E-state index < -0.39 is 12.8 Å². The van der Waals surface area contributed by atoms with Gasteiger partial charge >= 0.3 is 6.18 Å². The summed E-state index contributed by atoms with van der Waals surface area (Å²) in [4.78, 5) is 10.3. The molecule has 10 heteroatoms. The third-order valence-electron chi connectivity index (χ3n) is 3.80. The number of rotatable bonds is 8. The SMILES string of the molecule is CCNC(=NCc1ccc(COCC(F)(F)F)cc1)NCc1nc(C)c(C)s1.I. The molecule has 2 aromatic rings. The van der Waals surface area contributed by atoms with Crippen molar-refractivity contribution in [2.75, 3.05) is 13.2 Å². The Hall–Kier alpha value is -1.40. The van der Waals surface area contributed by atoms with Crippen LogP contribution in [-0.4, -0.2) is 30.3 Å². The minimum absolute atomic E-state index is 0. The summed E-state index contributed by atoms with van der Waals surface area (Å²) in [6.45, 7) is 6.51. The highest BCUT2D eigenvalue weighted by Gasteiger charge is 2.27. The van der Waals surface area contributed by atoms with Gasteiger partial charge < -0.3 is 15.4 Å². The van der Waals surface area contributed by atoms with Gasteiger partial charge in [-0.2, -0.15) is 13.2 Å². The van der Waals surface area contributed by atoms with Crippen LogP contribution in [0.5, 0.6) is 0 Å². The summed E-state index contributed by atoms with van der Waals surface area (Å²) < 4.78 is 41.0. The summed E-state index contributed by atoms with van der Waals surface area (Å²) in [5.41, 5.74) is 2.69. The van der Waals surface area contributed by atoms with Crippen molar-refractivity contribution in [3.05, 3.63) is 51.0 Å². The second-order valence-corrected chi connectivity index (χ2v) is 7.51. The highest BCUT2D eigenvalue weighted by molar-refractivity contribution is 14.0. The second kappa shape index (κ2) is 12.3. The molecule has 0 fully saturated rings. The molecule has 0 atom stereocenters. The summed E-state index contributed by atoms with van der Waals surface area (Å²) in [5.74, 6) is 0.686. The lowest BCUT2D eigenvalue weighted by Gasteiger charge is -2.10. The van der Waals surface area contributed by atoms with Gasteiger partial charge in [-0.05, 0) is 31.9 Å². The van der Waals surface area contributed by atoms with Crippen molar-refractivity contribution in [1.29, 1.82) is 0 Å². The molecular weight excluding hydrogens is 516 g/mol. The molecule has 162 valence electrons. The highest BCUT2D eigenvalue weighted by atomic mass is 127. The van der Waals surface area contributed by atoms with E-state index in [0.717, 1.165) is 22.8 Å². The molecule has 1 aromatic heterocycles. The molecule has 1 heterocycles. The standard InChI is InChI=1S/C19H25F3N4OS.HI/c1-4-23-18(25-10-17-26-13(2)14(3)28-17)24-9-15-5-7-16(8-6-15)11-27-12-19(20,21)22;/h5-8H,4,9-12H2,1-3H3,(H2,23,24,25);1H. The lowest BCUT2D eigenvalue weighted by molar-refractivity contribution is -0.176. The molecule has 2 N–H and O–H groups in total. The number of thiazole rings is 1. The molecule has 0 amide bonds. The molecule has 0 saturated carbocycles. The van der Waals surface area contributed by atoms with Crippen molar-refractivity contribution >= 4 is 41.3 Å². The van der Waals surface area contributed by atoms with Crippen molar-refractivity contribution in [1.82, 2.24) is 15.6 Å². The summed E-state index contributed by atoms with van der Waals surface area (Å²) in [5, 5.41) is 7.45. The van der Waals surface area contributed by atoms with E-state index in [2.05, 4.69) is 25.3 Å². The minimum Gasteiger partial charge on any atom is -0.367 e. The molecule has 0 aliphatic carbocycles. The molecule has 2 rings (SSSR count). The van der Waals surface area contributed by atoms with E-state index >= 15 is 0 Å². The maximum Gasteiger partial charge on any atom is 0.411 e. The lowest BCUT2D eigenvalue weighted by Crippen LogP contribution is -2.36. The zero-order chi connectivity index (χ0) is 20.6. The van der Waals surface area contributed by atoms with Gasteiger partial charge in [0.1, 0.15) is 11.6 Å². The van der Waals surface area contributed by atoms with E-state index in [1.165, 1.54) is 4.88 Å². The van der Waals surface area contributed by atoms with Crippen LogP contribution in [0.2, 0.25) is 0 Å². The molecule has 0 saturated heterocycles. The number of benzene rings is 1. The Morgan fingerprint density at radius 3 is 2.34 bits per heavy atom. The van der Waals surface area contributed by atoms with E-state index in [0.29, 0.717) is 24.6 Å². The quantitative estimate of drug-likeness (QED) is 0.288. The van der Waals surface area contributed by atoms with Gasteiger partial charge in [0.05, 0.1) is 25.4 Å². The number of alkyl halides is 3. The third kappa shape index (κ3) is 9.77. The van der Waals surface area contributed by atoms with Gasteiger partial charge in [-0.3, -0.25) is 0 Å². The molecule has 0 radical (unpaired) electrons. The van der Waals surface area contributed by atoms with E-state index in [1.54, 1.807) is 23.5 Å². The first-order chi connectivity index (χ1) is 13.3. The van der Waals surface area contributed by atoms with Crippen LogP contribution in [0.15, 0.2) is 29.3 Å². The third-order valence-corrected chi connectivity index (χ3v) is 4.87. The summed E-state index contributed by atoms with van der Waals surface area (Å²) in [7, 11) is 0. The van der Waals surface area contributed by atoms with E-state index in [1.807, 2.05) is 32.9 Å². The van der Waals surface area contributed by atoms with Crippen molar-refractivity contribution < 1.29 is 17.9 Å². The fourth-order valence-corrected chi connectivity index (χ4v) is 3.19. The van der Waals surface area contributed by atoms with Crippen LogP contribution in [0.3, 0.4) is 0 Å². The number of nitrogens with zero attached hydrogens (tertiary/aromatic N) is 2. The van der Waals surface area contributed by atoms with Crippen LogP contribution < -0.4 is 10.6 Å². The molecule has 0 unspecified atom stereocenters. The molecule has 5 nitrogen and oxygen atoms in total. The monoisotopic (exact) mass is 542 g/mol. The predicted molar refractivity (Wildman–Crippen MR) is 121 cm³/mol. The van der Waals surface area contributed by atoms with Crippen LogP contribution >= 0.6 is 35.3 Å². The molecule has 29 heavy (non-hydrogen) atoms. The largest absolute Gasteiger partial charge is 0.411 e. The minimum atomic E-state index is -4.31. The predicted octanol–water partition coefficient (Wildman–Crippen LogP) is 4.71. The van der Waals surface area contributed by atoms with Gasteiger partial charge in [-0.15, -0.1) is 35.3 Å². The molecule has 0 aliphatic rings. The molecule has 0 bridgehead atoms. The maximum atomic E-state index is 12.1. The van der Waals surface area contributed by atoms with Gasteiger partial charge in [0, 0.05) is 11.4 Å². The molecule has 1 aromatic carbocycles. The van der Waals surface area contributed by atoms with Gasteiger partial charge in [0.15, 0.2) is 5.96 Å². The smallest absolute Gasteiger partial charge is 0.367 e. The zero-order valence-electron chi connectivity index (χ0n) is 16.6. The summed E-state index contributed by atoms with van der Waals surface area (Å²) >= 11 is 1.66. The van der Waals surface area contributed by atoms with Crippen LogP contribution in [-0.2, 0) is 24.4 Å². The van der Waals surface area contributed by atoms with Crippen LogP contribution in [0, 0.1) is 13.8 Å². The first-order valence-electron chi connectivity index (χ1n) is 8.94. The number of aliphatic imine (C=N–C) groups is 1. The first kappa shape index (κ1) is 25.6. The summed E-state index contributed by atoms with van der Waals surface area (Å²) in [6, 6.07) is 7.19. The average Bonchev–Trinajstić information content (AvgIpc) is 2.95. The van der Waals surface area contributed by atoms with Gasteiger partial charge in [0.2, 0.25) is 0 Å². The Morgan fingerprint density at radius 1 is 1.14 bits per heavy atom.